The molecule has 0 spiro atoms. The largest absolute Gasteiger partial charge is 0.338 e. The third-order valence-electron chi connectivity index (χ3n) is 4.06. The van der Waals surface area contributed by atoms with Crippen LogP contribution in [0.2, 0.25) is 0 Å². The minimum Gasteiger partial charge on any atom is -0.338 e. The van der Waals surface area contributed by atoms with Crippen molar-refractivity contribution in [2.75, 3.05) is 26.2 Å². The van der Waals surface area contributed by atoms with Gasteiger partial charge in [0.25, 0.3) is 0 Å². The van der Waals surface area contributed by atoms with Gasteiger partial charge in [0.05, 0.1) is 6.54 Å². The maximum Gasteiger partial charge on any atom is 0.237 e. The monoisotopic (exact) mass is 311 g/mol. The number of halogens is 1. The average molecular weight is 312 g/mol. The third kappa shape index (κ3) is 4.99. The molecule has 1 aliphatic heterocycles. The number of hydrogen-bond donors (Lipinski definition) is 1. The molecule has 2 rings (SSSR count). The van der Waals surface area contributed by atoms with Gasteiger partial charge in [0.15, 0.2) is 0 Å². The zero-order valence-electron chi connectivity index (χ0n) is 12.7. The SMILES string of the molecule is CCN(Cc1ccccc1)C(=O)CN1CCCC1CN.Cl. The van der Waals surface area contributed by atoms with Crippen LogP contribution in [0.1, 0.15) is 25.3 Å². The minimum atomic E-state index is 0. The number of nitrogens with two attached hydrogens (primary N) is 1. The second kappa shape index (κ2) is 9.03. The van der Waals surface area contributed by atoms with E-state index in [2.05, 4.69) is 17.0 Å². The highest BCUT2D eigenvalue weighted by molar-refractivity contribution is 5.85. The van der Waals surface area contributed by atoms with E-state index in [1.54, 1.807) is 0 Å². The van der Waals surface area contributed by atoms with Crippen molar-refractivity contribution < 1.29 is 4.79 Å². The molecule has 0 radical (unpaired) electrons. The van der Waals surface area contributed by atoms with Crippen molar-refractivity contribution in [1.29, 1.82) is 0 Å². The molecule has 0 aliphatic carbocycles. The van der Waals surface area contributed by atoms with Crippen molar-refractivity contribution in [1.82, 2.24) is 9.80 Å². The van der Waals surface area contributed by atoms with Crippen molar-refractivity contribution in [3.05, 3.63) is 35.9 Å². The average Bonchev–Trinajstić information content (AvgIpc) is 2.92. The van der Waals surface area contributed by atoms with Crippen LogP contribution in [0.3, 0.4) is 0 Å². The second-order valence-electron chi connectivity index (χ2n) is 5.40. The molecule has 4 nitrogen and oxygen atoms in total. The van der Waals surface area contributed by atoms with Crippen molar-refractivity contribution in [3.8, 4) is 0 Å². The van der Waals surface area contributed by atoms with Crippen LogP contribution >= 0.6 is 12.4 Å². The first-order chi connectivity index (χ1) is 9.74. The number of rotatable bonds is 6. The Hall–Kier alpha value is -1.10. The smallest absolute Gasteiger partial charge is 0.237 e. The molecule has 0 aromatic heterocycles. The van der Waals surface area contributed by atoms with E-state index in [-0.39, 0.29) is 18.3 Å². The molecule has 1 aliphatic rings. The van der Waals surface area contributed by atoms with E-state index in [9.17, 15) is 4.79 Å². The molecule has 2 N–H and O–H groups in total. The Morgan fingerprint density at radius 3 is 2.71 bits per heavy atom. The number of amides is 1. The topological polar surface area (TPSA) is 49.6 Å². The highest BCUT2D eigenvalue weighted by Crippen LogP contribution is 2.16. The molecule has 118 valence electrons. The molecule has 1 atom stereocenters. The first-order valence-corrected chi connectivity index (χ1v) is 7.50. The van der Waals surface area contributed by atoms with E-state index >= 15 is 0 Å². The maximum atomic E-state index is 12.4. The number of carbonyl (C=O) groups excluding carboxylic acids is 1. The van der Waals surface area contributed by atoms with Gasteiger partial charge in [0.2, 0.25) is 5.91 Å². The van der Waals surface area contributed by atoms with Gasteiger partial charge in [-0.05, 0) is 31.9 Å². The van der Waals surface area contributed by atoms with Gasteiger partial charge >= 0.3 is 0 Å². The van der Waals surface area contributed by atoms with Crippen LogP contribution in [0.5, 0.6) is 0 Å². The van der Waals surface area contributed by atoms with Crippen molar-refractivity contribution in [2.24, 2.45) is 5.73 Å². The summed E-state index contributed by atoms with van der Waals surface area (Å²) in [6.07, 6.45) is 2.27. The van der Waals surface area contributed by atoms with Crippen LogP contribution in [0.15, 0.2) is 30.3 Å². The van der Waals surface area contributed by atoms with Gasteiger partial charge in [0, 0.05) is 25.7 Å². The minimum absolute atomic E-state index is 0. The Labute approximate surface area is 133 Å². The molecule has 1 saturated heterocycles. The van der Waals surface area contributed by atoms with Crippen molar-refractivity contribution in [3.63, 3.8) is 0 Å². The summed E-state index contributed by atoms with van der Waals surface area (Å²) in [7, 11) is 0. The lowest BCUT2D eigenvalue weighted by Gasteiger charge is -2.27. The molecule has 1 heterocycles. The summed E-state index contributed by atoms with van der Waals surface area (Å²) in [5.74, 6) is 0.205. The lowest BCUT2D eigenvalue weighted by Crippen LogP contribution is -2.44. The Balaban J connectivity index is 0.00000220. The van der Waals surface area contributed by atoms with Gasteiger partial charge in [-0.1, -0.05) is 30.3 Å². The highest BCUT2D eigenvalue weighted by Gasteiger charge is 2.26. The molecular weight excluding hydrogens is 286 g/mol. The summed E-state index contributed by atoms with van der Waals surface area (Å²) in [6, 6.07) is 10.5. The predicted octanol–water partition coefficient (Wildman–Crippen LogP) is 1.88. The number of carbonyl (C=O) groups is 1. The maximum absolute atomic E-state index is 12.4. The molecule has 0 bridgehead atoms. The Bertz CT molecular complexity index is 427. The van der Waals surface area contributed by atoms with E-state index in [0.29, 0.717) is 25.7 Å². The molecule has 5 heteroatoms. The fraction of sp³-hybridized carbons (Fsp3) is 0.562. The first kappa shape index (κ1) is 18.0. The lowest BCUT2D eigenvalue weighted by atomic mass is 10.2. The van der Waals surface area contributed by atoms with Crippen LogP contribution in [0, 0.1) is 0 Å². The molecule has 1 amide bonds. The van der Waals surface area contributed by atoms with Gasteiger partial charge < -0.3 is 10.6 Å². The summed E-state index contributed by atoms with van der Waals surface area (Å²) in [4.78, 5) is 16.6. The summed E-state index contributed by atoms with van der Waals surface area (Å²) in [6.45, 7) is 5.62. The quantitative estimate of drug-likeness (QED) is 0.872. The second-order valence-corrected chi connectivity index (χ2v) is 5.40. The van der Waals surface area contributed by atoms with Gasteiger partial charge in [-0.2, -0.15) is 0 Å². The molecule has 1 fully saturated rings. The van der Waals surface area contributed by atoms with Crippen LogP contribution in [-0.4, -0.2) is 47.9 Å². The van der Waals surface area contributed by atoms with Gasteiger partial charge in [-0.15, -0.1) is 12.4 Å². The first-order valence-electron chi connectivity index (χ1n) is 7.50. The van der Waals surface area contributed by atoms with Crippen molar-refractivity contribution in [2.45, 2.75) is 32.4 Å². The number of likely N-dealkylation sites (N-methyl/N-ethyl adjacent to an activating group) is 1. The molecule has 1 aromatic rings. The van der Waals surface area contributed by atoms with Crippen LogP contribution in [0.25, 0.3) is 0 Å². The van der Waals surface area contributed by atoms with E-state index < -0.39 is 0 Å². The number of nitrogens with zero attached hydrogens (tertiary/aromatic N) is 2. The Morgan fingerprint density at radius 1 is 1.38 bits per heavy atom. The zero-order chi connectivity index (χ0) is 14.4. The standard InChI is InChI=1S/C16H25N3O.ClH/c1-2-18(12-14-7-4-3-5-8-14)16(20)13-19-10-6-9-15(19)11-17;/h3-5,7-8,15H,2,6,9-13,17H2,1H3;1H. The van der Waals surface area contributed by atoms with E-state index in [1.165, 1.54) is 5.56 Å². The molecule has 21 heavy (non-hydrogen) atoms. The Morgan fingerprint density at radius 2 is 2.10 bits per heavy atom. The van der Waals surface area contributed by atoms with E-state index in [1.807, 2.05) is 30.0 Å². The van der Waals surface area contributed by atoms with Gasteiger partial charge in [-0.3, -0.25) is 9.69 Å². The fourth-order valence-corrected chi connectivity index (χ4v) is 2.82. The summed E-state index contributed by atoms with van der Waals surface area (Å²) in [5, 5.41) is 0. The van der Waals surface area contributed by atoms with E-state index in [4.69, 9.17) is 5.73 Å². The molecule has 0 saturated carbocycles. The zero-order valence-corrected chi connectivity index (χ0v) is 13.5. The summed E-state index contributed by atoms with van der Waals surface area (Å²) >= 11 is 0. The van der Waals surface area contributed by atoms with Gasteiger partial charge in [-0.25, -0.2) is 0 Å². The number of benzene rings is 1. The normalized spacial score (nSPS) is 18.3. The molecule has 1 unspecified atom stereocenters. The molecular formula is C16H26ClN3O. The summed E-state index contributed by atoms with van der Waals surface area (Å²) in [5.41, 5.74) is 6.95. The highest BCUT2D eigenvalue weighted by atomic mass is 35.5. The Kier molecular flexibility index (Phi) is 7.72. The van der Waals surface area contributed by atoms with Gasteiger partial charge in [0.1, 0.15) is 0 Å². The van der Waals surface area contributed by atoms with Crippen LogP contribution in [-0.2, 0) is 11.3 Å². The lowest BCUT2D eigenvalue weighted by molar-refractivity contribution is -0.133. The third-order valence-corrected chi connectivity index (χ3v) is 4.06. The molecule has 1 aromatic carbocycles. The number of hydrogen-bond acceptors (Lipinski definition) is 3. The van der Waals surface area contributed by atoms with Crippen molar-refractivity contribution >= 4 is 18.3 Å². The predicted molar refractivity (Wildman–Crippen MR) is 88.4 cm³/mol. The van der Waals surface area contributed by atoms with E-state index in [0.717, 1.165) is 25.9 Å². The summed E-state index contributed by atoms with van der Waals surface area (Å²) < 4.78 is 0. The number of likely N-dealkylation sites (tertiary alicyclic amines) is 1. The fourth-order valence-electron chi connectivity index (χ4n) is 2.82. The van der Waals surface area contributed by atoms with Crippen LogP contribution in [0.4, 0.5) is 0 Å². The van der Waals surface area contributed by atoms with Crippen LogP contribution < -0.4 is 5.73 Å².